The molecule has 8 heteroatoms. The van der Waals surface area contributed by atoms with E-state index in [2.05, 4.69) is 31.1 Å². The number of aromatic nitrogens is 1. The maximum atomic E-state index is 12.4. The first kappa shape index (κ1) is 14.8. The highest BCUT2D eigenvalue weighted by Crippen LogP contribution is 2.24. The van der Waals surface area contributed by atoms with E-state index >= 15 is 0 Å². The van der Waals surface area contributed by atoms with Crippen LogP contribution >= 0.6 is 15.9 Å². The van der Waals surface area contributed by atoms with Crippen molar-refractivity contribution < 1.29 is 8.42 Å². The molecule has 1 heterocycles. The quantitative estimate of drug-likeness (QED) is 0.576. The minimum absolute atomic E-state index is 0.0316. The van der Waals surface area contributed by atoms with E-state index in [0.29, 0.717) is 10.2 Å². The van der Waals surface area contributed by atoms with Crippen molar-refractivity contribution >= 4 is 37.5 Å². The monoisotopic (exact) mass is 356 g/mol. The van der Waals surface area contributed by atoms with Gasteiger partial charge < -0.3 is 5.43 Å². The van der Waals surface area contributed by atoms with Gasteiger partial charge in [0.1, 0.15) is 4.90 Å². The molecule has 0 bridgehead atoms. The van der Waals surface area contributed by atoms with E-state index in [4.69, 9.17) is 5.84 Å². The Morgan fingerprint density at radius 2 is 2.05 bits per heavy atom. The third kappa shape index (κ3) is 3.27. The second-order valence-electron chi connectivity index (χ2n) is 4.12. The Hall–Kier alpha value is -1.64. The zero-order valence-corrected chi connectivity index (χ0v) is 13.0. The predicted octanol–water partition coefficient (Wildman–Crippen LogP) is 2.24. The Kier molecular flexibility index (Phi) is 4.26. The van der Waals surface area contributed by atoms with Crippen molar-refractivity contribution in [2.24, 2.45) is 5.84 Å². The Morgan fingerprint density at radius 1 is 1.30 bits per heavy atom. The first-order valence-corrected chi connectivity index (χ1v) is 7.91. The van der Waals surface area contributed by atoms with Gasteiger partial charge in [0, 0.05) is 16.4 Å². The second kappa shape index (κ2) is 5.78. The summed E-state index contributed by atoms with van der Waals surface area (Å²) in [5.74, 6) is 5.37. The van der Waals surface area contributed by atoms with Crippen LogP contribution in [0.1, 0.15) is 5.56 Å². The van der Waals surface area contributed by atoms with Crippen molar-refractivity contribution in [3.8, 4) is 0 Å². The van der Waals surface area contributed by atoms with Gasteiger partial charge in [-0.05, 0) is 46.6 Å². The minimum atomic E-state index is -3.78. The molecule has 0 aliphatic carbocycles. The largest absolute Gasteiger partial charge is 0.307 e. The number of nitrogens with two attached hydrogens (primary N) is 1. The number of hydrogen-bond donors (Lipinski definition) is 3. The van der Waals surface area contributed by atoms with Crippen molar-refractivity contribution in [1.82, 2.24) is 4.98 Å². The lowest BCUT2D eigenvalue weighted by Crippen LogP contribution is -2.18. The van der Waals surface area contributed by atoms with E-state index in [1.807, 2.05) is 13.0 Å². The molecule has 1 aromatic heterocycles. The van der Waals surface area contributed by atoms with Crippen LogP contribution in [0, 0.1) is 6.92 Å². The Morgan fingerprint density at radius 3 is 2.70 bits per heavy atom. The standard InChI is InChI=1S/C12H13BrN4O2S/c1-8-3-2-4-10(5-8)17-20(18,19)11-6-9(13)7-15-12(11)16-14/h2-7,17H,14H2,1H3,(H,15,16). The molecule has 0 atom stereocenters. The fourth-order valence-electron chi connectivity index (χ4n) is 1.65. The van der Waals surface area contributed by atoms with Crippen molar-refractivity contribution in [2.75, 3.05) is 10.1 Å². The van der Waals surface area contributed by atoms with Crippen LogP contribution in [0.2, 0.25) is 0 Å². The number of nitrogen functional groups attached to an aromatic ring is 1. The van der Waals surface area contributed by atoms with Gasteiger partial charge in [-0.1, -0.05) is 12.1 Å². The highest BCUT2D eigenvalue weighted by Gasteiger charge is 2.20. The molecule has 1 aromatic carbocycles. The molecule has 0 amide bonds. The van der Waals surface area contributed by atoms with Crippen LogP contribution in [-0.4, -0.2) is 13.4 Å². The van der Waals surface area contributed by atoms with Gasteiger partial charge in [-0.3, -0.25) is 4.72 Å². The van der Waals surface area contributed by atoms with Crippen molar-refractivity contribution in [1.29, 1.82) is 0 Å². The molecule has 0 aliphatic heterocycles. The molecule has 106 valence electrons. The first-order chi connectivity index (χ1) is 9.42. The van der Waals surface area contributed by atoms with Gasteiger partial charge in [-0.2, -0.15) is 0 Å². The molecule has 20 heavy (non-hydrogen) atoms. The van der Waals surface area contributed by atoms with Gasteiger partial charge in [-0.25, -0.2) is 19.2 Å². The SMILES string of the molecule is Cc1cccc(NS(=O)(=O)c2cc(Br)cnc2NN)c1. The smallest absolute Gasteiger partial charge is 0.265 e. The zero-order chi connectivity index (χ0) is 14.8. The van der Waals surface area contributed by atoms with Crippen LogP contribution in [0.4, 0.5) is 11.5 Å². The number of nitrogens with one attached hydrogen (secondary N) is 2. The molecule has 0 saturated heterocycles. The minimum Gasteiger partial charge on any atom is -0.307 e. The number of benzene rings is 1. The molecule has 4 N–H and O–H groups in total. The summed E-state index contributed by atoms with van der Waals surface area (Å²) in [6.07, 6.45) is 1.46. The number of aryl methyl sites for hydroxylation is 1. The van der Waals surface area contributed by atoms with Crippen molar-refractivity contribution in [2.45, 2.75) is 11.8 Å². The van der Waals surface area contributed by atoms with Gasteiger partial charge in [-0.15, -0.1) is 0 Å². The molecule has 2 aromatic rings. The van der Waals surface area contributed by atoms with Crippen LogP contribution in [0.5, 0.6) is 0 Å². The topological polar surface area (TPSA) is 97.1 Å². The number of halogens is 1. The van der Waals surface area contributed by atoms with Crippen LogP contribution in [-0.2, 0) is 10.0 Å². The number of hydrazine groups is 1. The van der Waals surface area contributed by atoms with Gasteiger partial charge in [0.2, 0.25) is 0 Å². The van der Waals surface area contributed by atoms with Crippen molar-refractivity contribution in [3.05, 3.63) is 46.6 Å². The number of nitrogens with zero attached hydrogens (tertiary/aromatic N) is 1. The Labute approximate surface area is 125 Å². The number of pyridine rings is 1. The summed E-state index contributed by atoms with van der Waals surface area (Å²) in [7, 11) is -3.78. The van der Waals surface area contributed by atoms with E-state index in [1.165, 1.54) is 12.3 Å². The lowest BCUT2D eigenvalue weighted by molar-refractivity contribution is 0.601. The summed E-state index contributed by atoms with van der Waals surface area (Å²) in [4.78, 5) is 3.89. The lowest BCUT2D eigenvalue weighted by atomic mass is 10.2. The second-order valence-corrected chi connectivity index (χ2v) is 6.69. The maximum Gasteiger partial charge on any atom is 0.265 e. The van der Waals surface area contributed by atoms with Crippen LogP contribution < -0.4 is 16.0 Å². The van der Waals surface area contributed by atoms with Gasteiger partial charge in [0.25, 0.3) is 10.0 Å². The first-order valence-electron chi connectivity index (χ1n) is 5.64. The molecule has 0 aliphatic rings. The summed E-state index contributed by atoms with van der Waals surface area (Å²) in [6.45, 7) is 1.88. The van der Waals surface area contributed by atoms with Crippen molar-refractivity contribution in [3.63, 3.8) is 0 Å². The summed E-state index contributed by atoms with van der Waals surface area (Å²) in [5.41, 5.74) is 3.71. The van der Waals surface area contributed by atoms with E-state index in [9.17, 15) is 8.42 Å². The average Bonchev–Trinajstić information content (AvgIpc) is 2.38. The summed E-state index contributed by atoms with van der Waals surface area (Å²) in [5, 5.41) is 0. The molecular weight excluding hydrogens is 344 g/mol. The predicted molar refractivity (Wildman–Crippen MR) is 81.7 cm³/mol. The maximum absolute atomic E-state index is 12.4. The fourth-order valence-corrected chi connectivity index (χ4v) is 3.33. The summed E-state index contributed by atoms with van der Waals surface area (Å²) in [6, 6.07) is 8.49. The third-order valence-electron chi connectivity index (χ3n) is 2.52. The number of hydrogen-bond acceptors (Lipinski definition) is 5. The summed E-state index contributed by atoms with van der Waals surface area (Å²) >= 11 is 3.19. The van der Waals surface area contributed by atoms with Crippen LogP contribution in [0.25, 0.3) is 0 Å². The number of anilines is 2. The molecule has 0 fully saturated rings. The third-order valence-corrected chi connectivity index (χ3v) is 4.34. The molecule has 2 rings (SSSR count). The molecule has 0 saturated carbocycles. The molecule has 6 nitrogen and oxygen atoms in total. The molecule has 0 radical (unpaired) electrons. The van der Waals surface area contributed by atoms with Gasteiger partial charge >= 0.3 is 0 Å². The molecule has 0 spiro atoms. The lowest BCUT2D eigenvalue weighted by Gasteiger charge is -2.11. The Balaban J connectivity index is 2.43. The number of sulfonamides is 1. The van der Waals surface area contributed by atoms with E-state index < -0.39 is 10.0 Å². The highest BCUT2D eigenvalue weighted by molar-refractivity contribution is 9.10. The average molecular weight is 357 g/mol. The molecule has 0 unspecified atom stereocenters. The van der Waals surface area contributed by atoms with Gasteiger partial charge in [0.15, 0.2) is 5.82 Å². The van der Waals surface area contributed by atoms with Gasteiger partial charge in [0.05, 0.1) is 0 Å². The molecular formula is C12H13BrN4O2S. The fraction of sp³-hybridized carbons (Fsp3) is 0.0833. The van der Waals surface area contributed by atoms with Crippen LogP contribution in [0.15, 0.2) is 45.9 Å². The summed E-state index contributed by atoms with van der Waals surface area (Å²) < 4.78 is 27.8. The normalized spacial score (nSPS) is 11.2. The van der Waals surface area contributed by atoms with Crippen LogP contribution in [0.3, 0.4) is 0 Å². The highest BCUT2D eigenvalue weighted by atomic mass is 79.9. The number of rotatable bonds is 4. The van der Waals surface area contributed by atoms with E-state index in [1.54, 1.807) is 18.2 Å². The zero-order valence-electron chi connectivity index (χ0n) is 10.6. The van der Waals surface area contributed by atoms with E-state index in [-0.39, 0.29) is 10.7 Å². The Bertz CT molecular complexity index is 734. The van der Waals surface area contributed by atoms with E-state index in [0.717, 1.165) is 5.56 Å².